The number of benzene rings is 1. The van der Waals surface area contributed by atoms with Gasteiger partial charge >= 0.3 is 5.97 Å². The number of hydrogen-bond donors (Lipinski definition) is 1. The molecule has 0 saturated carbocycles. The Balaban J connectivity index is 2.13. The van der Waals surface area contributed by atoms with Crippen LogP contribution in [-0.2, 0) is 16.1 Å². The van der Waals surface area contributed by atoms with Crippen LogP contribution in [0.3, 0.4) is 0 Å². The Labute approximate surface area is 165 Å². The van der Waals surface area contributed by atoms with Gasteiger partial charge in [-0.1, -0.05) is 12.1 Å². The van der Waals surface area contributed by atoms with Crippen molar-refractivity contribution in [1.82, 2.24) is 4.57 Å². The van der Waals surface area contributed by atoms with Gasteiger partial charge < -0.3 is 14.8 Å². The van der Waals surface area contributed by atoms with Crippen LogP contribution in [0.25, 0.3) is 10.2 Å². The lowest BCUT2D eigenvalue weighted by atomic mass is 10.1. The molecule has 2 aromatic heterocycles. The zero-order valence-corrected chi connectivity index (χ0v) is 16.6. The predicted octanol–water partition coefficient (Wildman–Crippen LogP) is 3.26. The summed E-state index contributed by atoms with van der Waals surface area (Å²) in [6, 6.07) is 9.04. The molecule has 0 bridgehead atoms. The molecule has 0 aliphatic rings. The number of anilines is 1. The average molecular weight is 400 g/mol. The molecule has 0 radical (unpaired) electrons. The molecule has 1 amide bonds. The number of hydrogen-bond acceptors (Lipinski definition) is 6. The summed E-state index contributed by atoms with van der Waals surface area (Å²) in [5.74, 6) is -0.787. The third-order valence-electron chi connectivity index (χ3n) is 4.10. The molecule has 2 heterocycles. The van der Waals surface area contributed by atoms with Crippen molar-refractivity contribution in [2.24, 2.45) is 0 Å². The molecule has 0 aliphatic carbocycles. The number of ether oxygens (including phenoxy) is 2. The monoisotopic (exact) mass is 400 g/mol. The van der Waals surface area contributed by atoms with Crippen LogP contribution < -0.4 is 15.6 Å². The van der Waals surface area contributed by atoms with E-state index in [2.05, 4.69) is 5.32 Å². The number of carbonyl (C=O) groups is 2. The van der Waals surface area contributed by atoms with E-state index < -0.39 is 11.5 Å². The molecular formula is C20H20N2O5S. The number of nitrogens with zero attached hydrogens (tertiary/aromatic N) is 1. The minimum absolute atomic E-state index is 0.0357. The number of amides is 1. The van der Waals surface area contributed by atoms with Crippen LogP contribution in [-0.4, -0.2) is 30.2 Å². The second kappa shape index (κ2) is 8.26. The fourth-order valence-corrected chi connectivity index (χ4v) is 3.94. The van der Waals surface area contributed by atoms with E-state index in [1.54, 1.807) is 35.8 Å². The highest BCUT2D eigenvalue weighted by Crippen LogP contribution is 2.30. The average Bonchev–Trinajstić information content (AvgIpc) is 3.12. The van der Waals surface area contributed by atoms with Gasteiger partial charge in [-0.15, -0.1) is 11.3 Å². The third kappa shape index (κ3) is 3.77. The minimum Gasteiger partial charge on any atom is -0.490 e. The smallest absolute Gasteiger partial charge is 0.343 e. The van der Waals surface area contributed by atoms with Gasteiger partial charge in [0.05, 0.1) is 30.5 Å². The second-order valence-electron chi connectivity index (χ2n) is 6.04. The molecule has 7 nitrogen and oxygen atoms in total. The van der Waals surface area contributed by atoms with Gasteiger partial charge in [0.2, 0.25) is 11.7 Å². The number of fused-ring (bicyclic) bond motifs is 1. The van der Waals surface area contributed by atoms with Crippen LogP contribution in [0.15, 0.2) is 40.5 Å². The summed E-state index contributed by atoms with van der Waals surface area (Å²) < 4.78 is 12.6. The van der Waals surface area contributed by atoms with Gasteiger partial charge in [-0.3, -0.25) is 14.2 Å². The Morgan fingerprint density at radius 3 is 2.71 bits per heavy atom. The van der Waals surface area contributed by atoms with Gasteiger partial charge in [-0.05, 0) is 36.1 Å². The lowest BCUT2D eigenvalue weighted by molar-refractivity contribution is -0.114. The van der Waals surface area contributed by atoms with E-state index in [9.17, 15) is 14.4 Å². The van der Waals surface area contributed by atoms with E-state index in [0.29, 0.717) is 15.9 Å². The number of thiophene rings is 1. The number of aromatic nitrogens is 1. The molecule has 0 spiro atoms. The molecule has 3 aromatic rings. The van der Waals surface area contributed by atoms with Crippen molar-refractivity contribution in [2.45, 2.75) is 20.4 Å². The molecule has 0 saturated heterocycles. The maximum atomic E-state index is 13.1. The molecule has 0 unspecified atom stereocenters. The van der Waals surface area contributed by atoms with Crippen LogP contribution in [0.2, 0.25) is 0 Å². The molecule has 28 heavy (non-hydrogen) atoms. The van der Waals surface area contributed by atoms with Crippen molar-refractivity contribution in [3.8, 4) is 5.75 Å². The van der Waals surface area contributed by atoms with Crippen molar-refractivity contribution in [2.75, 3.05) is 19.0 Å². The molecule has 3 rings (SSSR count). The normalized spacial score (nSPS) is 10.7. The lowest BCUT2D eigenvalue weighted by Crippen LogP contribution is -2.25. The van der Waals surface area contributed by atoms with Crippen molar-refractivity contribution in [1.29, 1.82) is 0 Å². The zero-order valence-electron chi connectivity index (χ0n) is 15.8. The number of nitrogens with one attached hydrogen (secondary N) is 1. The first kappa shape index (κ1) is 19.6. The molecule has 0 fully saturated rings. The maximum Gasteiger partial charge on any atom is 0.343 e. The summed E-state index contributed by atoms with van der Waals surface area (Å²) in [6.07, 6.45) is 0. The van der Waals surface area contributed by atoms with Gasteiger partial charge in [0.15, 0.2) is 0 Å². The van der Waals surface area contributed by atoms with Crippen molar-refractivity contribution >= 4 is 39.1 Å². The summed E-state index contributed by atoms with van der Waals surface area (Å²) in [5.41, 5.74) is 1.84. The van der Waals surface area contributed by atoms with Crippen molar-refractivity contribution < 1.29 is 19.1 Å². The lowest BCUT2D eigenvalue weighted by Gasteiger charge is -2.14. The second-order valence-corrected chi connectivity index (χ2v) is 6.95. The molecule has 0 atom stereocenters. The third-order valence-corrected chi connectivity index (χ3v) is 5.02. The Bertz CT molecular complexity index is 1100. The quantitative estimate of drug-likeness (QED) is 0.642. The number of esters is 1. The van der Waals surface area contributed by atoms with Crippen LogP contribution >= 0.6 is 11.3 Å². The zero-order chi connectivity index (χ0) is 20.3. The number of rotatable bonds is 6. The van der Waals surface area contributed by atoms with E-state index in [1.807, 2.05) is 11.4 Å². The van der Waals surface area contributed by atoms with Gasteiger partial charge in [0, 0.05) is 12.6 Å². The van der Waals surface area contributed by atoms with E-state index in [0.717, 1.165) is 5.56 Å². The standard InChI is InChI=1S/C20H20N2O5S/c1-4-27-20(25)16-17(26-3)19(24)22(15-8-9-28-18(15)16)11-13-6-5-7-14(10-13)21-12(2)23/h5-10H,4,11H2,1-3H3,(H,21,23). The first-order valence-corrected chi connectivity index (χ1v) is 9.55. The Morgan fingerprint density at radius 2 is 2.04 bits per heavy atom. The SMILES string of the molecule is CCOC(=O)c1c(OC)c(=O)n(Cc2cccc(NC(C)=O)c2)c2ccsc12. The molecule has 146 valence electrons. The summed E-state index contributed by atoms with van der Waals surface area (Å²) in [7, 11) is 1.36. The Morgan fingerprint density at radius 1 is 1.25 bits per heavy atom. The molecule has 1 N–H and O–H groups in total. The largest absolute Gasteiger partial charge is 0.490 e. The van der Waals surface area contributed by atoms with E-state index in [-0.39, 0.29) is 30.4 Å². The number of pyridine rings is 1. The maximum absolute atomic E-state index is 13.1. The van der Waals surface area contributed by atoms with Gasteiger partial charge in [-0.25, -0.2) is 4.79 Å². The summed E-state index contributed by atoms with van der Waals surface area (Å²) in [4.78, 5) is 36.8. The first-order chi connectivity index (χ1) is 13.5. The Kier molecular flexibility index (Phi) is 5.79. The van der Waals surface area contributed by atoms with E-state index in [4.69, 9.17) is 9.47 Å². The van der Waals surface area contributed by atoms with Crippen LogP contribution in [0.4, 0.5) is 5.69 Å². The predicted molar refractivity (Wildman–Crippen MR) is 108 cm³/mol. The minimum atomic E-state index is -0.580. The van der Waals surface area contributed by atoms with Crippen LogP contribution in [0.5, 0.6) is 5.75 Å². The Hall–Kier alpha value is -3.13. The summed E-state index contributed by atoms with van der Waals surface area (Å²) in [6.45, 7) is 3.61. The van der Waals surface area contributed by atoms with Gasteiger partial charge in [0.1, 0.15) is 5.56 Å². The topological polar surface area (TPSA) is 86.6 Å². The van der Waals surface area contributed by atoms with E-state index >= 15 is 0 Å². The summed E-state index contributed by atoms with van der Waals surface area (Å²) >= 11 is 1.35. The van der Waals surface area contributed by atoms with Crippen molar-refractivity contribution in [3.63, 3.8) is 0 Å². The highest BCUT2D eigenvalue weighted by atomic mass is 32.1. The van der Waals surface area contributed by atoms with E-state index in [1.165, 1.54) is 25.4 Å². The number of carbonyl (C=O) groups excluding carboxylic acids is 2. The highest BCUT2D eigenvalue weighted by Gasteiger charge is 2.25. The first-order valence-electron chi connectivity index (χ1n) is 8.67. The van der Waals surface area contributed by atoms with Crippen molar-refractivity contribution in [3.05, 3.63) is 57.2 Å². The van der Waals surface area contributed by atoms with Gasteiger partial charge in [-0.2, -0.15) is 0 Å². The fourth-order valence-electron chi connectivity index (χ4n) is 3.01. The number of methoxy groups -OCH3 is 1. The molecular weight excluding hydrogens is 380 g/mol. The fraction of sp³-hybridized carbons (Fsp3) is 0.250. The molecule has 8 heteroatoms. The molecule has 0 aliphatic heterocycles. The highest BCUT2D eigenvalue weighted by molar-refractivity contribution is 7.17. The molecule has 1 aromatic carbocycles. The van der Waals surface area contributed by atoms with Crippen LogP contribution in [0, 0.1) is 0 Å². The van der Waals surface area contributed by atoms with Gasteiger partial charge in [0.25, 0.3) is 5.56 Å². The van der Waals surface area contributed by atoms with Crippen LogP contribution in [0.1, 0.15) is 29.8 Å². The summed E-state index contributed by atoms with van der Waals surface area (Å²) in [5, 5.41) is 4.54.